The highest BCUT2D eigenvalue weighted by Gasteiger charge is 2.17. The molecule has 0 saturated carbocycles. The molecule has 1 aliphatic heterocycles. The monoisotopic (exact) mass is 523 g/mol. The zero-order valence-electron chi connectivity index (χ0n) is 26.8. The van der Waals surface area contributed by atoms with Gasteiger partial charge in [0.05, 0.1) is 53.3 Å². The molecule has 0 unspecified atom stereocenters. The fourth-order valence-corrected chi connectivity index (χ4v) is 3.88. The fraction of sp³-hybridized carbons (Fsp3) is 0.360. The lowest BCUT2D eigenvalue weighted by Crippen LogP contribution is -2.43. The topological polar surface area (TPSA) is 91.7 Å². The number of pyridine rings is 1. The Labute approximate surface area is 225 Å². The summed E-state index contributed by atoms with van der Waals surface area (Å²) in [5, 5.41) is 15.8. The SMILES string of the molecule is [2H]C1([2H])NC([2H])([2H])C([2H])([2H])N(CCCOc2cc3ncc(C#N)c(Nc4cc(OC)c(Cl)cc4Cl)c3cc2OC)C1([2H])[2H]. The number of nitrogens with zero attached hydrogens (tertiary/aromatic N) is 3. The number of benzene rings is 2. The fourth-order valence-electron chi connectivity index (χ4n) is 3.37. The zero-order valence-corrected chi connectivity index (χ0v) is 20.3. The van der Waals surface area contributed by atoms with E-state index in [-0.39, 0.29) is 41.7 Å². The van der Waals surface area contributed by atoms with Crippen LogP contribution in [-0.4, -0.2) is 63.2 Å². The normalized spacial score (nSPS) is 23.1. The lowest BCUT2D eigenvalue weighted by molar-refractivity contribution is 0.211. The summed E-state index contributed by atoms with van der Waals surface area (Å²) in [6, 6.07) is 8.38. The first kappa shape index (κ1) is 16.7. The third-order valence-electron chi connectivity index (χ3n) is 5.07. The van der Waals surface area contributed by atoms with E-state index < -0.39 is 26.0 Å². The van der Waals surface area contributed by atoms with Crippen LogP contribution in [0.3, 0.4) is 0 Å². The number of hydrogen-bond acceptors (Lipinski definition) is 8. The first-order valence-electron chi connectivity index (χ1n) is 14.4. The van der Waals surface area contributed by atoms with Crippen molar-refractivity contribution in [2.75, 3.05) is 58.7 Å². The maximum Gasteiger partial charge on any atom is 0.163 e. The van der Waals surface area contributed by atoms with E-state index in [1.807, 2.05) is 0 Å². The smallest absolute Gasteiger partial charge is 0.163 e. The molecule has 10 heteroatoms. The van der Waals surface area contributed by atoms with E-state index in [4.69, 9.17) is 48.4 Å². The summed E-state index contributed by atoms with van der Waals surface area (Å²) in [5.41, 5.74) is 1.45. The zero-order chi connectivity index (χ0) is 32.0. The summed E-state index contributed by atoms with van der Waals surface area (Å²) in [6.45, 7) is -11.9. The van der Waals surface area contributed by atoms with E-state index in [0.717, 1.165) is 0 Å². The van der Waals surface area contributed by atoms with Gasteiger partial charge >= 0.3 is 0 Å². The standard InChI is InChI=1S/C25H27Cl2N5O3/c1-33-22-13-21(18(26)11-19(22)27)31-25-16(14-28)15-30-20-12-24(23(34-2)10-17(20)25)35-9-3-6-32-7-4-29-5-8-32/h10-13,15,29H,3-9H2,1-2H3,(H,30,31)/i4D2,5D2,7D2,8D2. The second-order valence-electron chi connectivity index (χ2n) is 7.22. The first-order chi connectivity index (χ1) is 20.0. The Morgan fingerprint density at radius 3 is 2.60 bits per heavy atom. The number of aromatic nitrogens is 1. The molecule has 0 atom stereocenters. The van der Waals surface area contributed by atoms with Gasteiger partial charge in [0.2, 0.25) is 0 Å². The van der Waals surface area contributed by atoms with Gasteiger partial charge in [-0.2, -0.15) is 5.26 Å². The van der Waals surface area contributed by atoms with Crippen LogP contribution in [0.15, 0.2) is 30.5 Å². The molecule has 0 bridgehead atoms. The van der Waals surface area contributed by atoms with Gasteiger partial charge in [-0.1, -0.05) is 23.2 Å². The minimum absolute atomic E-state index is 0.0108. The van der Waals surface area contributed by atoms with Gasteiger partial charge in [0.1, 0.15) is 11.8 Å². The van der Waals surface area contributed by atoms with Crippen LogP contribution < -0.4 is 24.8 Å². The van der Waals surface area contributed by atoms with Crippen LogP contribution in [-0.2, 0) is 0 Å². The lowest BCUT2D eigenvalue weighted by Gasteiger charge is -2.27. The lowest BCUT2D eigenvalue weighted by atomic mass is 10.1. The molecule has 2 aromatic carbocycles. The molecule has 1 saturated heterocycles. The Hall–Kier alpha value is -2.96. The Kier molecular flexibility index (Phi) is 5.55. The molecule has 1 fully saturated rings. The Morgan fingerprint density at radius 1 is 1.11 bits per heavy atom. The quantitative estimate of drug-likeness (QED) is 0.384. The summed E-state index contributed by atoms with van der Waals surface area (Å²) in [4.78, 5) is 4.88. The number of methoxy groups -OCH3 is 2. The van der Waals surface area contributed by atoms with Crippen molar-refractivity contribution in [3.05, 3.63) is 46.1 Å². The predicted octanol–water partition coefficient (Wildman–Crippen LogP) is 4.85. The number of halogens is 2. The molecular weight excluding hydrogens is 489 g/mol. The van der Waals surface area contributed by atoms with Crippen LogP contribution in [0.1, 0.15) is 23.0 Å². The molecular formula is C25H27Cl2N5O3. The largest absolute Gasteiger partial charge is 0.495 e. The molecule has 0 radical (unpaired) electrons. The average Bonchev–Trinajstić information content (AvgIpc) is 2.92. The van der Waals surface area contributed by atoms with Crippen molar-refractivity contribution in [1.82, 2.24) is 15.2 Å². The second kappa shape index (κ2) is 11.6. The van der Waals surface area contributed by atoms with Crippen molar-refractivity contribution in [2.45, 2.75) is 6.42 Å². The second-order valence-corrected chi connectivity index (χ2v) is 8.04. The van der Waals surface area contributed by atoms with Crippen molar-refractivity contribution < 1.29 is 25.2 Å². The maximum absolute atomic E-state index is 9.77. The van der Waals surface area contributed by atoms with Crippen LogP contribution in [0, 0.1) is 11.3 Å². The van der Waals surface area contributed by atoms with Crippen molar-refractivity contribution in [3.8, 4) is 23.3 Å². The van der Waals surface area contributed by atoms with Crippen molar-refractivity contribution in [1.29, 1.82) is 5.26 Å². The molecule has 35 heavy (non-hydrogen) atoms. The molecule has 0 spiro atoms. The molecule has 1 aliphatic rings. The highest BCUT2D eigenvalue weighted by molar-refractivity contribution is 6.37. The number of piperazine rings is 1. The Bertz CT molecular complexity index is 1560. The molecule has 2 N–H and O–H groups in total. The molecule has 184 valence electrons. The van der Waals surface area contributed by atoms with Gasteiger partial charge in [-0.05, 0) is 18.6 Å². The summed E-state index contributed by atoms with van der Waals surface area (Å²) in [6.07, 6.45) is 1.38. The molecule has 4 rings (SSSR count). The molecule has 0 amide bonds. The van der Waals surface area contributed by atoms with Crippen molar-refractivity contribution >= 4 is 45.5 Å². The van der Waals surface area contributed by atoms with Crippen LogP contribution in [0.4, 0.5) is 11.4 Å². The van der Waals surface area contributed by atoms with E-state index in [0.29, 0.717) is 37.9 Å². The highest BCUT2D eigenvalue weighted by Crippen LogP contribution is 2.40. The molecule has 3 aromatic rings. The number of fused-ring (bicyclic) bond motifs is 1. The average molecular weight is 524 g/mol. The van der Waals surface area contributed by atoms with E-state index in [9.17, 15) is 5.26 Å². The summed E-state index contributed by atoms with van der Waals surface area (Å²) in [5.74, 6) is 0.891. The van der Waals surface area contributed by atoms with E-state index in [1.54, 1.807) is 23.5 Å². The minimum atomic E-state index is -2.87. The van der Waals surface area contributed by atoms with Crippen LogP contribution in [0.25, 0.3) is 10.9 Å². The Balaban J connectivity index is 1.60. The number of hydrogen-bond donors (Lipinski definition) is 2. The van der Waals surface area contributed by atoms with Gasteiger partial charge in [0.25, 0.3) is 0 Å². The maximum atomic E-state index is 9.77. The van der Waals surface area contributed by atoms with Crippen molar-refractivity contribution in [3.63, 3.8) is 0 Å². The van der Waals surface area contributed by atoms with E-state index in [2.05, 4.69) is 16.4 Å². The molecule has 1 aromatic heterocycles. The van der Waals surface area contributed by atoms with Gasteiger partial charge in [-0.25, -0.2) is 0 Å². The number of rotatable bonds is 9. The number of ether oxygens (including phenoxy) is 3. The summed E-state index contributed by atoms with van der Waals surface area (Å²) in [7, 11) is 2.87. The third-order valence-corrected chi connectivity index (χ3v) is 5.67. The Morgan fingerprint density at radius 2 is 1.89 bits per heavy atom. The van der Waals surface area contributed by atoms with Crippen LogP contribution >= 0.6 is 23.2 Å². The molecule has 0 aliphatic carbocycles. The third kappa shape index (κ3) is 5.82. The van der Waals surface area contributed by atoms with Gasteiger partial charge in [-0.15, -0.1) is 0 Å². The number of nitrogens with one attached hydrogen (secondary N) is 2. The first-order valence-corrected chi connectivity index (χ1v) is 11.2. The summed E-state index contributed by atoms with van der Waals surface area (Å²) < 4.78 is 81.1. The van der Waals surface area contributed by atoms with E-state index >= 15 is 0 Å². The van der Waals surface area contributed by atoms with Crippen LogP contribution in [0.5, 0.6) is 17.2 Å². The molecule has 8 nitrogen and oxygen atoms in total. The van der Waals surface area contributed by atoms with E-state index in [1.165, 1.54) is 26.5 Å². The van der Waals surface area contributed by atoms with Gasteiger partial charge in [0.15, 0.2) is 11.5 Å². The van der Waals surface area contributed by atoms with Gasteiger partial charge in [-0.3, -0.25) is 4.98 Å². The number of anilines is 2. The summed E-state index contributed by atoms with van der Waals surface area (Å²) >= 11 is 12.5. The predicted molar refractivity (Wildman–Crippen MR) is 139 cm³/mol. The highest BCUT2D eigenvalue weighted by atomic mass is 35.5. The number of nitriles is 1. The van der Waals surface area contributed by atoms with Gasteiger partial charge < -0.3 is 29.7 Å². The minimum Gasteiger partial charge on any atom is -0.495 e. The van der Waals surface area contributed by atoms with Crippen molar-refractivity contribution in [2.24, 2.45) is 0 Å². The van der Waals surface area contributed by atoms with Gasteiger partial charge in [0, 0.05) is 67.2 Å². The molecule has 2 heterocycles. The van der Waals surface area contributed by atoms with Crippen LogP contribution in [0.2, 0.25) is 10.0 Å².